The van der Waals surface area contributed by atoms with E-state index in [0.29, 0.717) is 0 Å². The first kappa shape index (κ1) is 19.7. The van der Waals surface area contributed by atoms with Crippen molar-refractivity contribution >= 4 is 33.4 Å². The average molecular weight is 498 g/mol. The highest BCUT2D eigenvalue weighted by Crippen LogP contribution is 2.66. The summed E-state index contributed by atoms with van der Waals surface area (Å²) in [4.78, 5) is 28.3. The van der Waals surface area contributed by atoms with Crippen LogP contribution in [0.4, 0.5) is 18.9 Å². The van der Waals surface area contributed by atoms with Gasteiger partial charge in [0.15, 0.2) is 0 Å². The second-order valence-electron chi connectivity index (χ2n) is 8.43. The first-order valence-electron chi connectivity index (χ1n) is 10.2. The molecule has 7 rings (SSSR count). The average Bonchev–Trinajstić information content (AvgIpc) is 3.05. The molecule has 1 fully saturated rings. The number of rotatable bonds is 1. The smallest absolute Gasteiger partial charge is 0.274 e. The lowest BCUT2D eigenvalue weighted by atomic mass is 9.55. The zero-order valence-corrected chi connectivity index (χ0v) is 18.0. The molecule has 7 heteroatoms. The molecule has 32 heavy (non-hydrogen) atoms. The van der Waals surface area contributed by atoms with E-state index in [2.05, 4.69) is 15.9 Å². The molecule has 2 bridgehead atoms. The Balaban J connectivity index is 1.56. The van der Waals surface area contributed by atoms with Crippen molar-refractivity contribution in [3.8, 4) is 0 Å². The van der Waals surface area contributed by atoms with E-state index in [9.17, 15) is 22.8 Å². The molecule has 4 aliphatic rings. The summed E-state index contributed by atoms with van der Waals surface area (Å²) in [6.07, 6.45) is -4.57. The van der Waals surface area contributed by atoms with Crippen molar-refractivity contribution in [2.45, 2.75) is 16.4 Å². The summed E-state index contributed by atoms with van der Waals surface area (Å²) in [7, 11) is 0. The number of halogens is 4. The lowest BCUT2D eigenvalue weighted by Crippen LogP contribution is -2.50. The van der Waals surface area contributed by atoms with Crippen LogP contribution in [0.1, 0.15) is 33.7 Å². The van der Waals surface area contributed by atoms with E-state index in [4.69, 9.17) is 0 Å². The van der Waals surface area contributed by atoms with Gasteiger partial charge >= 0.3 is 6.18 Å². The van der Waals surface area contributed by atoms with Crippen LogP contribution in [0.25, 0.3) is 0 Å². The molecule has 0 spiro atoms. The van der Waals surface area contributed by atoms with Gasteiger partial charge in [0.1, 0.15) is 0 Å². The van der Waals surface area contributed by atoms with Crippen LogP contribution in [0.5, 0.6) is 0 Å². The summed E-state index contributed by atoms with van der Waals surface area (Å²) in [5, 5.41) is 0. The lowest BCUT2D eigenvalue weighted by Gasteiger charge is -2.51. The largest absolute Gasteiger partial charge is 0.416 e. The lowest BCUT2D eigenvalue weighted by molar-refractivity contribution is -0.137. The van der Waals surface area contributed by atoms with Gasteiger partial charge in [0.25, 0.3) is 0 Å². The third-order valence-corrected chi connectivity index (χ3v) is 8.29. The van der Waals surface area contributed by atoms with Crippen molar-refractivity contribution in [3.63, 3.8) is 0 Å². The van der Waals surface area contributed by atoms with Crippen LogP contribution < -0.4 is 4.90 Å². The van der Waals surface area contributed by atoms with Crippen molar-refractivity contribution in [1.29, 1.82) is 0 Å². The quantitative estimate of drug-likeness (QED) is 0.323. The van der Waals surface area contributed by atoms with Crippen molar-refractivity contribution < 1.29 is 22.8 Å². The molecule has 3 nitrogen and oxygen atoms in total. The zero-order chi connectivity index (χ0) is 22.4. The molecule has 0 radical (unpaired) electrons. The molecule has 1 heterocycles. The third-order valence-electron chi connectivity index (χ3n) is 6.95. The van der Waals surface area contributed by atoms with Crippen LogP contribution >= 0.6 is 15.9 Å². The molecule has 3 aromatic rings. The number of benzene rings is 3. The second kappa shape index (κ2) is 6.32. The van der Waals surface area contributed by atoms with Crippen LogP contribution in [0, 0.1) is 11.8 Å². The summed E-state index contributed by atoms with van der Waals surface area (Å²) in [5.41, 5.74) is 2.85. The van der Waals surface area contributed by atoms with E-state index < -0.39 is 39.7 Å². The SMILES string of the molecule is O=C1[C@@H]2C3c4ccccc4C(Br)(c4ccccc43)[C@@H]2C(=O)N1c1cccc(C(F)(F)F)c1. The predicted octanol–water partition coefficient (Wildman–Crippen LogP) is 5.61. The Morgan fingerprint density at radius 2 is 1.41 bits per heavy atom. The van der Waals surface area contributed by atoms with Crippen molar-refractivity contribution in [3.05, 3.63) is 101 Å². The topological polar surface area (TPSA) is 37.4 Å². The van der Waals surface area contributed by atoms with Crippen LogP contribution in [-0.2, 0) is 20.1 Å². The monoisotopic (exact) mass is 497 g/mol. The fourth-order valence-corrected chi connectivity index (χ4v) is 6.96. The molecule has 0 saturated carbocycles. The second-order valence-corrected chi connectivity index (χ2v) is 9.68. The number of carbonyl (C=O) groups excluding carboxylic acids is 2. The van der Waals surface area contributed by atoms with E-state index in [-0.39, 0.29) is 11.6 Å². The predicted molar refractivity (Wildman–Crippen MR) is 115 cm³/mol. The number of imide groups is 1. The van der Waals surface area contributed by atoms with Gasteiger partial charge in [0.05, 0.1) is 27.4 Å². The van der Waals surface area contributed by atoms with Crippen LogP contribution in [0.3, 0.4) is 0 Å². The number of nitrogens with zero attached hydrogens (tertiary/aromatic N) is 1. The molecule has 1 saturated heterocycles. The Labute approximate surface area is 190 Å². The maximum atomic E-state index is 13.7. The Hall–Kier alpha value is -2.93. The minimum atomic E-state index is -4.57. The van der Waals surface area contributed by atoms with Crippen LogP contribution in [0.15, 0.2) is 72.8 Å². The molecule has 1 aliphatic heterocycles. The fourth-order valence-electron chi connectivity index (χ4n) is 5.75. The molecular weight excluding hydrogens is 483 g/mol. The first-order valence-corrected chi connectivity index (χ1v) is 11.0. The summed E-state index contributed by atoms with van der Waals surface area (Å²) in [5.74, 6) is -2.72. The Bertz CT molecular complexity index is 1270. The Morgan fingerprint density at radius 1 is 0.812 bits per heavy atom. The van der Waals surface area contributed by atoms with E-state index in [0.717, 1.165) is 39.3 Å². The summed E-state index contributed by atoms with van der Waals surface area (Å²) in [6, 6.07) is 19.8. The molecule has 0 unspecified atom stereocenters. The molecule has 3 aliphatic carbocycles. The van der Waals surface area contributed by atoms with E-state index >= 15 is 0 Å². The van der Waals surface area contributed by atoms with Gasteiger partial charge in [-0.3, -0.25) is 9.59 Å². The van der Waals surface area contributed by atoms with E-state index in [1.165, 1.54) is 12.1 Å². The minimum Gasteiger partial charge on any atom is -0.274 e. The molecule has 3 aromatic carbocycles. The fraction of sp³-hybridized carbons (Fsp3) is 0.200. The molecule has 0 N–H and O–H groups in total. The van der Waals surface area contributed by atoms with Gasteiger partial charge < -0.3 is 0 Å². The number of alkyl halides is 4. The number of carbonyl (C=O) groups is 2. The standard InChI is InChI=1S/C25H15BrF3NO2/c26-24-17-10-3-1-8-15(17)19(16-9-2-4-11-18(16)24)20-21(24)23(32)30(22(20)31)14-7-5-6-13(12-14)25(27,28)29/h1-12,19-21H/t19?,20-,21+,24?/m1/s1. The van der Waals surface area contributed by atoms with Crippen molar-refractivity contribution in [2.24, 2.45) is 11.8 Å². The van der Waals surface area contributed by atoms with Gasteiger partial charge in [-0.2, -0.15) is 13.2 Å². The molecule has 160 valence electrons. The number of amides is 2. The van der Waals surface area contributed by atoms with Gasteiger partial charge in [0.2, 0.25) is 11.8 Å². The number of anilines is 1. The third kappa shape index (κ3) is 2.32. The number of hydrogen-bond donors (Lipinski definition) is 0. The highest BCUT2D eigenvalue weighted by atomic mass is 79.9. The summed E-state index contributed by atoms with van der Waals surface area (Å²) in [6.45, 7) is 0. The van der Waals surface area contributed by atoms with Gasteiger partial charge in [-0.05, 0) is 40.5 Å². The highest BCUT2D eigenvalue weighted by molar-refractivity contribution is 9.09. The minimum absolute atomic E-state index is 0.0483. The van der Waals surface area contributed by atoms with Crippen molar-refractivity contribution in [2.75, 3.05) is 4.90 Å². The van der Waals surface area contributed by atoms with Gasteiger partial charge in [-0.1, -0.05) is 70.5 Å². The Morgan fingerprint density at radius 3 is 2.00 bits per heavy atom. The van der Waals surface area contributed by atoms with E-state index in [1.807, 2.05) is 48.5 Å². The molecule has 0 aromatic heterocycles. The summed E-state index contributed by atoms with van der Waals surface area (Å²) >= 11 is 3.87. The van der Waals surface area contributed by atoms with Crippen LogP contribution in [0.2, 0.25) is 0 Å². The highest BCUT2D eigenvalue weighted by Gasteiger charge is 2.67. The molecular formula is C25H15BrF3NO2. The van der Waals surface area contributed by atoms with Gasteiger partial charge in [0, 0.05) is 5.92 Å². The molecule has 2 atom stereocenters. The Kier molecular flexibility index (Phi) is 3.89. The van der Waals surface area contributed by atoms with Gasteiger partial charge in [-0.25, -0.2) is 4.90 Å². The summed E-state index contributed by atoms with van der Waals surface area (Å²) < 4.78 is 39.0. The first-order chi connectivity index (χ1) is 15.2. The number of hydrogen-bond acceptors (Lipinski definition) is 2. The maximum absolute atomic E-state index is 13.7. The van der Waals surface area contributed by atoms with Crippen LogP contribution in [-0.4, -0.2) is 11.8 Å². The normalized spacial score (nSPS) is 27.9. The maximum Gasteiger partial charge on any atom is 0.416 e. The van der Waals surface area contributed by atoms with Gasteiger partial charge in [-0.15, -0.1) is 0 Å². The van der Waals surface area contributed by atoms with Crippen molar-refractivity contribution in [1.82, 2.24) is 0 Å². The molecule has 2 amide bonds. The zero-order valence-electron chi connectivity index (χ0n) is 16.4. The van der Waals surface area contributed by atoms with E-state index in [1.54, 1.807) is 0 Å².